The molecular formula is C74H138N2O21. The van der Waals surface area contributed by atoms with E-state index in [0.717, 1.165) is 64.7 Å². The maximum atomic E-state index is 13.5. The summed E-state index contributed by atoms with van der Waals surface area (Å²) in [4.78, 5) is 38.7. The Morgan fingerprint density at radius 3 is 1.39 bits per heavy atom. The Labute approximate surface area is 581 Å². The van der Waals surface area contributed by atoms with Crippen molar-refractivity contribution in [3.8, 4) is 0 Å². The number of hydrogen-bond acceptors (Lipinski definition) is 20. The Kier molecular flexibility index (Phi) is 49.5. The van der Waals surface area contributed by atoms with Gasteiger partial charge in [0.15, 0.2) is 12.6 Å². The molecule has 23 heteroatoms. The average Bonchev–Trinajstić information content (AvgIpc) is 0.757. The number of rotatable bonds is 60. The van der Waals surface area contributed by atoms with Crippen molar-refractivity contribution in [3.63, 3.8) is 0 Å². The number of allylic oxidation sites excluding steroid dienone is 2. The molecule has 0 spiro atoms. The number of hydrogen-bond donors (Lipinski definition) is 14. The number of aliphatic hydroxyl groups is 11. The highest BCUT2D eigenvalue weighted by Crippen LogP contribution is 2.39. The minimum absolute atomic E-state index is 0.223. The zero-order valence-electron chi connectivity index (χ0n) is 60.0. The number of aliphatic carboxylic acids is 1. The van der Waals surface area contributed by atoms with E-state index in [1.165, 1.54) is 193 Å². The van der Waals surface area contributed by atoms with Crippen LogP contribution in [0.2, 0.25) is 0 Å². The number of ether oxygens (including phenoxy) is 6. The lowest BCUT2D eigenvalue weighted by atomic mass is 9.88. The van der Waals surface area contributed by atoms with Crippen LogP contribution in [0.3, 0.4) is 0 Å². The molecule has 3 saturated heterocycles. The van der Waals surface area contributed by atoms with Crippen LogP contribution in [-0.2, 0) is 42.8 Å². The standard InChI is InChI=1S/C74H138N2O21/c1-4-6-8-10-12-14-16-18-20-22-24-25-26-27-28-29-30-32-34-36-38-40-42-44-46-48-61(84)76-55(56(81)47-45-43-41-39-37-35-33-31-23-21-19-17-15-13-11-9-7-5-2)53-92-71-66(88)65(87)68(60(52-79)94-71)95-72-67(89)70(64(86)59(51-78)93-72)97-74(73(90)91)49-57(82)62(75-54(3)80)69(96-74)63(85)58(83)50-77/h27-28,55-60,62-72,77-79,81-83,85-89H,4-26,29-53H2,1-3H3,(H,75,80)(H,76,84)(H,90,91)/b28-27-. The van der Waals surface area contributed by atoms with Crippen molar-refractivity contribution in [1.82, 2.24) is 10.6 Å². The van der Waals surface area contributed by atoms with Gasteiger partial charge in [-0.3, -0.25) is 9.59 Å². The van der Waals surface area contributed by atoms with E-state index >= 15 is 0 Å². The SMILES string of the molecule is CCCCCCCCCCCCCC/C=C\CCCCCCCCCCCC(=O)NC(COC1OC(CO)C(OC2OC(CO)C(O)C(OC3(C(=O)O)CC(O)C(NC(C)=O)C(C(O)C(O)CO)O3)C2O)C(O)C1O)C(O)CCCCCCCCCCCCCCCCCCCC. The van der Waals surface area contributed by atoms with Crippen molar-refractivity contribution in [2.24, 2.45) is 0 Å². The summed E-state index contributed by atoms with van der Waals surface area (Å²) in [5.74, 6) is -6.10. The quantitative estimate of drug-likeness (QED) is 0.0199. The lowest BCUT2D eigenvalue weighted by molar-refractivity contribution is -0.386. The summed E-state index contributed by atoms with van der Waals surface area (Å²) in [6.07, 6.45) is 26.3. The monoisotopic (exact) mass is 1390 g/mol. The summed E-state index contributed by atoms with van der Waals surface area (Å²) in [6, 6.07) is -2.53. The number of carbonyl (C=O) groups is 3. The number of amides is 2. The maximum absolute atomic E-state index is 13.5. The van der Waals surface area contributed by atoms with Gasteiger partial charge in [0, 0.05) is 19.8 Å². The minimum atomic E-state index is -3.08. The molecule has 3 aliphatic heterocycles. The molecule has 0 saturated carbocycles. The van der Waals surface area contributed by atoms with Crippen LogP contribution < -0.4 is 10.6 Å². The van der Waals surface area contributed by atoms with E-state index in [1.807, 2.05) is 0 Å². The van der Waals surface area contributed by atoms with Gasteiger partial charge in [0.05, 0.1) is 50.7 Å². The van der Waals surface area contributed by atoms with Crippen LogP contribution in [0.4, 0.5) is 0 Å². The Hall–Kier alpha value is -2.53. The zero-order valence-corrected chi connectivity index (χ0v) is 60.0. The number of unbranched alkanes of at least 4 members (excludes halogenated alkanes) is 38. The Bertz CT molecular complexity index is 2000. The molecule has 23 nitrogen and oxygen atoms in total. The predicted molar refractivity (Wildman–Crippen MR) is 371 cm³/mol. The van der Waals surface area contributed by atoms with Crippen LogP contribution in [0.1, 0.15) is 303 Å². The van der Waals surface area contributed by atoms with Crippen LogP contribution >= 0.6 is 0 Å². The number of carbonyl (C=O) groups excluding carboxylic acids is 2. The minimum Gasteiger partial charge on any atom is -0.477 e. The first-order valence-corrected chi connectivity index (χ1v) is 38.5. The molecule has 0 aromatic rings. The van der Waals surface area contributed by atoms with Crippen molar-refractivity contribution in [1.29, 1.82) is 0 Å². The third kappa shape index (κ3) is 35.5. The topological polar surface area (TPSA) is 373 Å². The molecule has 0 aliphatic carbocycles. The number of nitrogens with one attached hydrogen (secondary N) is 2. The molecule has 3 aliphatic rings. The van der Waals surface area contributed by atoms with Gasteiger partial charge in [0.2, 0.25) is 11.8 Å². The lowest BCUT2D eigenvalue weighted by Crippen LogP contribution is -2.70. The maximum Gasteiger partial charge on any atom is 0.364 e. The van der Waals surface area contributed by atoms with Crippen LogP contribution in [-0.4, -0.2) is 215 Å². The molecule has 18 unspecified atom stereocenters. The smallest absolute Gasteiger partial charge is 0.364 e. The molecule has 3 fully saturated rings. The van der Waals surface area contributed by atoms with Crippen molar-refractivity contribution in [2.75, 3.05) is 26.4 Å². The van der Waals surface area contributed by atoms with Crippen molar-refractivity contribution >= 4 is 17.8 Å². The highest BCUT2D eigenvalue weighted by molar-refractivity contribution is 5.77. The van der Waals surface area contributed by atoms with E-state index in [1.54, 1.807) is 0 Å². The fourth-order valence-corrected chi connectivity index (χ4v) is 13.6. The van der Waals surface area contributed by atoms with E-state index in [2.05, 4.69) is 36.6 Å². The summed E-state index contributed by atoms with van der Waals surface area (Å²) in [6.45, 7) is 2.24. The van der Waals surface area contributed by atoms with E-state index in [4.69, 9.17) is 28.4 Å². The van der Waals surface area contributed by atoms with Gasteiger partial charge in [0.25, 0.3) is 5.79 Å². The van der Waals surface area contributed by atoms with Gasteiger partial charge in [-0.15, -0.1) is 0 Å². The van der Waals surface area contributed by atoms with E-state index in [9.17, 15) is 75.7 Å². The third-order valence-electron chi connectivity index (χ3n) is 19.7. The van der Waals surface area contributed by atoms with Gasteiger partial charge < -0.3 is 100 Å². The second kappa shape index (κ2) is 54.2. The van der Waals surface area contributed by atoms with Crippen molar-refractivity contribution in [2.45, 2.75) is 413 Å². The largest absolute Gasteiger partial charge is 0.477 e. The lowest BCUT2D eigenvalue weighted by Gasteiger charge is -2.50. The first-order chi connectivity index (χ1) is 46.9. The molecule has 97 heavy (non-hydrogen) atoms. The van der Waals surface area contributed by atoms with Crippen LogP contribution in [0.25, 0.3) is 0 Å². The number of carboxylic acids is 1. The van der Waals surface area contributed by atoms with Crippen LogP contribution in [0.5, 0.6) is 0 Å². The average molecular weight is 1390 g/mol. The van der Waals surface area contributed by atoms with E-state index in [-0.39, 0.29) is 18.9 Å². The molecule has 3 heterocycles. The van der Waals surface area contributed by atoms with Crippen LogP contribution in [0, 0.1) is 0 Å². The molecule has 0 aromatic carbocycles. The molecular weight excluding hydrogens is 1250 g/mol. The molecule has 14 N–H and O–H groups in total. The molecule has 0 bridgehead atoms. The molecule has 0 aromatic heterocycles. The predicted octanol–water partition coefficient (Wildman–Crippen LogP) is 9.02. The normalized spacial score (nSPS) is 27.4. The van der Waals surface area contributed by atoms with Gasteiger partial charge in [-0.25, -0.2) is 4.79 Å². The Morgan fingerprint density at radius 2 is 0.959 bits per heavy atom. The van der Waals surface area contributed by atoms with Gasteiger partial charge in [0.1, 0.15) is 67.1 Å². The Morgan fingerprint density at radius 1 is 0.526 bits per heavy atom. The zero-order chi connectivity index (χ0) is 71.1. The van der Waals surface area contributed by atoms with Gasteiger partial charge >= 0.3 is 5.97 Å². The summed E-state index contributed by atoms with van der Waals surface area (Å²) in [5, 5.41) is 136. The third-order valence-corrected chi connectivity index (χ3v) is 19.7. The first-order valence-electron chi connectivity index (χ1n) is 38.5. The Balaban J connectivity index is 1.53. The van der Waals surface area contributed by atoms with E-state index in [0.29, 0.717) is 19.3 Å². The highest BCUT2D eigenvalue weighted by Gasteiger charge is 2.60. The van der Waals surface area contributed by atoms with Gasteiger partial charge in [-0.1, -0.05) is 257 Å². The molecule has 2 amide bonds. The number of aliphatic hydroxyl groups excluding tert-OH is 11. The summed E-state index contributed by atoms with van der Waals surface area (Å²) >= 11 is 0. The van der Waals surface area contributed by atoms with Crippen LogP contribution in [0.15, 0.2) is 12.2 Å². The fourth-order valence-electron chi connectivity index (χ4n) is 13.6. The van der Waals surface area contributed by atoms with Gasteiger partial charge in [-0.2, -0.15) is 0 Å². The highest BCUT2D eigenvalue weighted by atomic mass is 16.8. The number of carboxylic acid groups (broad SMARTS) is 1. The second-order valence-electron chi connectivity index (χ2n) is 28.2. The molecule has 570 valence electrons. The van der Waals surface area contributed by atoms with Crippen molar-refractivity contribution < 1.29 is 104 Å². The van der Waals surface area contributed by atoms with E-state index < -0.39 is 148 Å². The molecule has 0 radical (unpaired) electrons. The first kappa shape index (κ1) is 88.7. The summed E-state index contributed by atoms with van der Waals surface area (Å²) in [5.41, 5.74) is 0. The summed E-state index contributed by atoms with van der Waals surface area (Å²) in [7, 11) is 0. The van der Waals surface area contributed by atoms with Crippen molar-refractivity contribution in [3.05, 3.63) is 12.2 Å². The molecule has 18 atom stereocenters. The fraction of sp³-hybridized carbons (Fsp3) is 0.932. The second-order valence-corrected chi connectivity index (χ2v) is 28.2. The molecule has 3 rings (SSSR count). The van der Waals surface area contributed by atoms with Gasteiger partial charge in [-0.05, 0) is 38.5 Å². The summed E-state index contributed by atoms with van der Waals surface area (Å²) < 4.78 is 34.9.